The zero-order valence-electron chi connectivity index (χ0n) is 16.2. The van der Waals surface area contributed by atoms with Crippen LogP contribution in [-0.4, -0.2) is 62.3 Å². The lowest BCUT2D eigenvalue weighted by Crippen LogP contribution is -2.51. The van der Waals surface area contributed by atoms with Crippen molar-refractivity contribution in [1.82, 2.24) is 9.21 Å². The lowest BCUT2D eigenvalue weighted by Gasteiger charge is -2.33. The number of hydrogen-bond acceptors (Lipinski definition) is 5. The number of benzene rings is 2. The number of hydrogen-bond donors (Lipinski definition) is 0. The zero-order chi connectivity index (χ0) is 21.9. The summed E-state index contributed by atoms with van der Waals surface area (Å²) in [6.07, 6.45) is 0. The number of carbonyl (C=O) groups excluding carboxylic acids is 2. The van der Waals surface area contributed by atoms with Crippen molar-refractivity contribution >= 4 is 45.1 Å². The molecule has 160 valence electrons. The molecule has 2 aromatic carbocycles. The molecule has 0 N–H and O–H groups in total. The summed E-state index contributed by atoms with van der Waals surface area (Å²) in [5, 5.41) is 0.496. The molecule has 7 nitrogen and oxygen atoms in total. The molecule has 10 heteroatoms. The van der Waals surface area contributed by atoms with Gasteiger partial charge in [0.25, 0.3) is 5.91 Å². The number of halogens is 2. The fourth-order valence-electron chi connectivity index (χ4n) is 2.99. The maximum absolute atomic E-state index is 12.7. The van der Waals surface area contributed by atoms with Crippen molar-refractivity contribution in [2.45, 2.75) is 11.8 Å². The Hall–Kier alpha value is -2.13. The van der Waals surface area contributed by atoms with Crippen LogP contribution in [0.2, 0.25) is 10.0 Å². The first-order chi connectivity index (χ1) is 14.2. The average molecular weight is 471 g/mol. The second-order valence-electron chi connectivity index (χ2n) is 6.80. The van der Waals surface area contributed by atoms with Crippen LogP contribution in [0.4, 0.5) is 0 Å². The molecule has 2 aromatic rings. The smallest absolute Gasteiger partial charge is 0.340 e. The van der Waals surface area contributed by atoms with E-state index in [1.54, 1.807) is 24.3 Å². The van der Waals surface area contributed by atoms with Crippen LogP contribution in [0.5, 0.6) is 0 Å². The van der Waals surface area contributed by atoms with E-state index in [0.717, 1.165) is 5.56 Å². The monoisotopic (exact) mass is 470 g/mol. The molecule has 0 spiro atoms. The first-order valence-corrected chi connectivity index (χ1v) is 11.3. The van der Waals surface area contributed by atoms with Gasteiger partial charge in [0.2, 0.25) is 10.0 Å². The minimum absolute atomic E-state index is 0.0750. The number of amides is 1. The molecular weight excluding hydrogens is 451 g/mol. The van der Waals surface area contributed by atoms with Gasteiger partial charge in [-0.25, -0.2) is 13.2 Å². The fraction of sp³-hybridized carbons (Fsp3) is 0.300. The first kappa shape index (κ1) is 22.6. The molecular formula is C20H20Cl2N2O5S. The molecule has 0 radical (unpaired) electrons. The van der Waals surface area contributed by atoms with Crippen molar-refractivity contribution in [2.75, 3.05) is 32.8 Å². The Morgan fingerprint density at radius 2 is 1.63 bits per heavy atom. The lowest BCUT2D eigenvalue weighted by molar-refractivity contribution is -0.135. The molecule has 0 saturated carbocycles. The van der Waals surface area contributed by atoms with E-state index < -0.39 is 28.5 Å². The summed E-state index contributed by atoms with van der Waals surface area (Å²) in [6, 6.07) is 11.0. The van der Waals surface area contributed by atoms with Crippen LogP contribution in [0.3, 0.4) is 0 Å². The summed E-state index contributed by atoms with van der Waals surface area (Å²) in [6.45, 7) is 2.16. The number of ether oxygens (including phenoxy) is 1. The van der Waals surface area contributed by atoms with Crippen molar-refractivity contribution in [3.63, 3.8) is 0 Å². The molecule has 30 heavy (non-hydrogen) atoms. The molecule has 3 rings (SSSR count). The van der Waals surface area contributed by atoms with E-state index >= 15 is 0 Å². The van der Waals surface area contributed by atoms with Crippen molar-refractivity contribution in [1.29, 1.82) is 0 Å². The highest BCUT2D eigenvalue weighted by molar-refractivity contribution is 7.89. The summed E-state index contributed by atoms with van der Waals surface area (Å²) in [5.41, 5.74) is 1.05. The molecule has 0 unspecified atom stereocenters. The number of carbonyl (C=O) groups is 2. The van der Waals surface area contributed by atoms with Crippen molar-refractivity contribution in [3.05, 3.63) is 63.6 Å². The van der Waals surface area contributed by atoms with E-state index in [1.165, 1.54) is 27.4 Å². The van der Waals surface area contributed by atoms with Gasteiger partial charge in [0.15, 0.2) is 6.61 Å². The Morgan fingerprint density at radius 3 is 2.27 bits per heavy atom. The summed E-state index contributed by atoms with van der Waals surface area (Å²) < 4.78 is 31.9. The summed E-state index contributed by atoms with van der Waals surface area (Å²) in [4.78, 5) is 26.2. The molecule has 1 aliphatic heterocycles. The number of sulfonamides is 1. The molecule has 0 atom stereocenters. The van der Waals surface area contributed by atoms with Crippen molar-refractivity contribution in [2.24, 2.45) is 0 Å². The van der Waals surface area contributed by atoms with Gasteiger partial charge in [0.05, 0.1) is 15.5 Å². The van der Waals surface area contributed by atoms with Crippen LogP contribution >= 0.6 is 23.2 Å². The van der Waals surface area contributed by atoms with Crippen LogP contribution in [-0.2, 0) is 19.6 Å². The Labute approximate surface area is 185 Å². The molecule has 1 fully saturated rings. The predicted octanol–water partition coefficient (Wildman–Crippen LogP) is 2.99. The Kier molecular flexibility index (Phi) is 7.02. The van der Waals surface area contributed by atoms with Gasteiger partial charge >= 0.3 is 5.97 Å². The fourth-order valence-corrected chi connectivity index (χ4v) is 4.78. The largest absolute Gasteiger partial charge is 0.452 e. The Balaban J connectivity index is 1.54. The predicted molar refractivity (Wildman–Crippen MR) is 113 cm³/mol. The number of nitrogens with zero attached hydrogens (tertiary/aromatic N) is 2. The number of piperazine rings is 1. The van der Waals surface area contributed by atoms with Gasteiger partial charge in [0.1, 0.15) is 0 Å². The van der Waals surface area contributed by atoms with E-state index in [0.29, 0.717) is 5.02 Å². The Bertz CT molecular complexity index is 1050. The second kappa shape index (κ2) is 9.34. The first-order valence-electron chi connectivity index (χ1n) is 9.15. The highest BCUT2D eigenvalue weighted by Crippen LogP contribution is 2.22. The quantitative estimate of drug-likeness (QED) is 0.627. The molecule has 1 saturated heterocycles. The van der Waals surface area contributed by atoms with E-state index in [1.807, 2.05) is 6.92 Å². The number of rotatable bonds is 5. The highest BCUT2D eigenvalue weighted by Gasteiger charge is 2.30. The Morgan fingerprint density at radius 1 is 1.00 bits per heavy atom. The van der Waals surface area contributed by atoms with Crippen LogP contribution < -0.4 is 0 Å². The second-order valence-corrected chi connectivity index (χ2v) is 9.58. The van der Waals surface area contributed by atoms with Crippen LogP contribution in [0, 0.1) is 6.92 Å². The molecule has 0 aromatic heterocycles. The van der Waals surface area contributed by atoms with Crippen molar-refractivity contribution < 1.29 is 22.7 Å². The van der Waals surface area contributed by atoms with Gasteiger partial charge in [0, 0.05) is 31.2 Å². The van der Waals surface area contributed by atoms with Gasteiger partial charge in [-0.05, 0) is 37.3 Å². The topological polar surface area (TPSA) is 84.0 Å². The standard InChI is InChI=1S/C20H20Cl2N2O5S/c1-14-2-5-16(6-3-14)30(27,28)24-10-8-23(9-11-24)19(25)13-29-20(26)17-12-15(21)4-7-18(17)22/h2-7,12H,8-11,13H2,1H3. The average Bonchev–Trinajstić information content (AvgIpc) is 2.74. The SMILES string of the molecule is Cc1ccc(S(=O)(=O)N2CCN(C(=O)COC(=O)c3cc(Cl)ccc3Cl)CC2)cc1. The van der Waals surface area contributed by atoms with E-state index in [9.17, 15) is 18.0 Å². The van der Waals surface area contributed by atoms with E-state index in [2.05, 4.69) is 0 Å². The van der Waals surface area contributed by atoms with Crippen LogP contribution in [0.1, 0.15) is 15.9 Å². The lowest BCUT2D eigenvalue weighted by atomic mass is 10.2. The maximum atomic E-state index is 12.7. The third kappa shape index (κ3) is 5.13. The van der Waals surface area contributed by atoms with Gasteiger partial charge in [-0.1, -0.05) is 40.9 Å². The highest BCUT2D eigenvalue weighted by atomic mass is 35.5. The number of esters is 1. The number of aryl methyl sites for hydroxylation is 1. The zero-order valence-corrected chi connectivity index (χ0v) is 18.5. The van der Waals surface area contributed by atoms with E-state index in [4.69, 9.17) is 27.9 Å². The normalized spacial score (nSPS) is 15.1. The third-order valence-electron chi connectivity index (χ3n) is 4.73. The maximum Gasteiger partial charge on any atom is 0.340 e. The summed E-state index contributed by atoms with van der Waals surface area (Å²) in [7, 11) is -3.62. The summed E-state index contributed by atoms with van der Waals surface area (Å²) in [5.74, 6) is -1.16. The summed E-state index contributed by atoms with van der Waals surface area (Å²) >= 11 is 11.8. The van der Waals surface area contributed by atoms with Gasteiger partial charge < -0.3 is 9.64 Å². The van der Waals surface area contributed by atoms with Crippen LogP contribution in [0.15, 0.2) is 47.4 Å². The molecule has 1 amide bonds. The van der Waals surface area contributed by atoms with Crippen molar-refractivity contribution in [3.8, 4) is 0 Å². The van der Waals surface area contributed by atoms with Crippen LogP contribution in [0.25, 0.3) is 0 Å². The molecule has 1 heterocycles. The molecule has 0 aliphatic carbocycles. The van der Waals surface area contributed by atoms with Gasteiger partial charge in [-0.3, -0.25) is 4.79 Å². The molecule has 1 aliphatic rings. The van der Waals surface area contributed by atoms with Gasteiger partial charge in [-0.2, -0.15) is 4.31 Å². The van der Waals surface area contributed by atoms with Gasteiger partial charge in [-0.15, -0.1) is 0 Å². The van der Waals surface area contributed by atoms with E-state index in [-0.39, 0.29) is 41.7 Å². The third-order valence-corrected chi connectivity index (χ3v) is 7.20. The molecule has 0 bridgehead atoms. The minimum Gasteiger partial charge on any atom is -0.452 e. The minimum atomic E-state index is -3.62.